The van der Waals surface area contributed by atoms with Gasteiger partial charge in [0.25, 0.3) is 5.91 Å². The summed E-state index contributed by atoms with van der Waals surface area (Å²) in [7, 11) is 1.72. The third-order valence-electron chi connectivity index (χ3n) is 4.34. The average Bonchev–Trinajstić information content (AvgIpc) is 2.94. The molecule has 1 saturated heterocycles. The minimum Gasteiger partial charge on any atom is -0.360 e. The summed E-state index contributed by atoms with van der Waals surface area (Å²) in [5.41, 5.74) is 1.88. The molecule has 0 unspecified atom stereocenters. The van der Waals surface area contributed by atoms with Crippen molar-refractivity contribution >= 4 is 11.8 Å². The molecule has 2 aromatic rings. The van der Waals surface area contributed by atoms with Crippen LogP contribution in [0, 0.1) is 6.92 Å². The van der Waals surface area contributed by atoms with Crippen LogP contribution in [0.4, 0.5) is 0 Å². The molecule has 0 radical (unpaired) electrons. The van der Waals surface area contributed by atoms with Crippen LogP contribution in [-0.2, 0) is 4.79 Å². The van der Waals surface area contributed by atoms with E-state index in [4.69, 9.17) is 4.52 Å². The van der Waals surface area contributed by atoms with Crippen molar-refractivity contribution in [1.29, 1.82) is 0 Å². The minimum absolute atomic E-state index is 0.0137. The zero-order valence-electron chi connectivity index (χ0n) is 13.7. The number of benzene rings is 1. The van der Waals surface area contributed by atoms with Gasteiger partial charge < -0.3 is 14.3 Å². The van der Waals surface area contributed by atoms with Gasteiger partial charge >= 0.3 is 0 Å². The van der Waals surface area contributed by atoms with Gasteiger partial charge in [-0.3, -0.25) is 9.59 Å². The maximum absolute atomic E-state index is 12.8. The van der Waals surface area contributed by atoms with Gasteiger partial charge in [-0.1, -0.05) is 42.1 Å². The SMILES string of the molecule is C=CC(=O)N(C)C1CN(C(=O)c2c(-c3ccccc3)noc2C)C1. The molecule has 0 N–H and O–H groups in total. The number of nitrogens with zero attached hydrogens (tertiary/aromatic N) is 3. The summed E-state index contributed by atoms with van der Waals surface area (Å²) < 4.78 is 5.24. The maximum Gasteiger partial charge on any atom is 0.259 e. The Hall–Kier alpha value is -2.89. The molecule has 6 heteroatoms. The van der Waals surface area contributed by atoms with Gasteiger partial charge in [0.05, 0.1) is 6.04 Å². The van der Waals surface area contributed by atoms with Crippen molar-refractivity contribution in [2.45, 2.75) is 13.0 Å². The Labute approximate surface area is 140 Å². The van der Waals surface area contributed by atoms with Crippen molar-refractivity contribution in [2.24, 2.45) is 0 Å². The molecule has 1 aliphatic rings. The number of amides is 2. The average molecular weight is 325 g/mol. The van der Waals surface area contributed by atoms with E-state index >= 15 is 0 Å². The molecule has 0 bridgehead atoms. The zero-order chi connectivity index (χ0) is 17.3. The molecule has 2 heterocycles. The zero-order valence-corrected chi connectivity index (χ0v) is 13.7. The fourth-order valence-electron chi connectivity index (χ4n) is 2.77. The number of carbonyl (C=O) groups is 2. The molecule has 0 aliphatic carbocycles. The predicted octanol–water partition coefficient (Wildman–Crippen LogP) is 2.12. The molecule has 0 atom stereocenters. The summed E-state index contributed by atoms with van der Waals surface area (Å²) in [5, 5.41) is 4.04. The Balaban J connectivity index is 1.77. The number of hydrogen-bond donors (Lipinski definition) is 0. The number of likely N-dealkylation sites (tertiary alicyclic amines) is 1. The number of likely N-dealkylation sites (N-methyl/N-ethyl adjacent to an activating group) is 1. The van der Waals surface area contributed by atoms with E-state index in [1.54, 1.807) is 23.8 Å². The van der Waals surface area contributed by atoms with Crippen LogP contribution >= 0.6 is 0 Å². The highest BCUT2D eigenvalue weighted by Gasteiger charge is 2.37. The maximum atomic E-state index is 12.8. The summed E-state index contributed by atoms with van der Waals surface area (Å²) in [4.78, 5) is 27.7. The lowest BCUT2D eigenvalue weighted by Gasteiger charge is -2.43. The van der Waals surface area contributed by atoms with Crippen LogP contribution in [0.15, 0.2) is 47.5 Å². The van der Waals surface area contributed by atoms with Gasteiger partial charge in [0.2, 0.25) is 5.91 Å². The lowest BCUT2D eigenvalue weighted by molar-refractivity contribution is -0.129. The highest BCUT2D eigenvalue weighted by Crippen LogP contribution is 2.28. The van der Waals surface area contributed by atoms with E-state index in [0.29, 0.717) is 30.1 Å². The van der Waals surface area contributed by atoms with Crippen LogP contribution in [0.25, 0.3) is 11.3 Å². The summed E-state index contributed by atoms with van der Waals surface area (Å²) in [6.07, 6.45) is 1.28. The molecule has 0 spiro atoms. The second-order valence-electron chi connectivity index (χ2n) is 5.85. The molecule has 3 rings (SSSR count). The highest BCUT2D eigenvalue weighted by atomic mass is 16.5. The molecule has 2 amide bonds. The lowest BCUT2D eigenvalue weighted by Crippen LogP contribution is -2.61. The van der Waals surface area contributed by atoms with E-state index < -0.39 is 0 Å². The van der Waals surface area contributed by atoms with Crippen LogP contribution in [0.1, 0.15) is 16.1 Å². The second-order valence-corrected chi connectivity index (χ2v) is 5.85. The molecule has 6 nitrogen and oxygen atoms in total. The molecule has 1 fully saturated rings. The van der Waals surface area contributed by atoms with E-state index in [9.17, 15) is 9.59 Å². The Morgan fingerprint density at radius 2 is 2.00 bits per heavy atom. The smallest absolute Gasteiger partial charge is 0.259 e. The Morgan fingerprint density at radius 1 is 1.33 bits per heavy atom. The van der Waals surface area contributed by atoms with E-state index in [1.165, 1.54) is 6.08 Å². The molecule has 0 saturated carbocycles. The van der Waals surface area contributed by atoms with Gasteiger partial charge in [0, 0.05) is 25.7 Å². The van der Waals surface area contributed by atoms with Gasteiger partial charge in [-0.05, 0) is 13.0 Å². The summed E-state index contributed by atoms with van der Waals surface area (Å²) in [6, 6.07) is 9.49. The molecule has 24 heavy (non-hydrogen) atoms. The first-order valence-electron chi connectivity index (χ1n) is 7.73. The molecule has 1 aromatic carbocycles. The van der Waals surface area contributed by atoms with Gasteiger partial charge in [-0.15, -0.1) is 0 Å². The third-order valence-corrected chi connectivity index (χ3v) is 4.34. The predicted molar refractivity (Wildman–Crippen MR) is 89.3 cm³/mol. The van der Waals surface area contributed by atoms with Crippen LogP contribution in [0.5, 0.6) is 0 Å². The van der Waals surface area contributed by atoms with E-state index in [0.717, 1.165) is 5.56 Å². The Bertz CT molecular complexity index is 776. The van der Waals surface area contributed by atoms with Crippen LogP contribution < -0.4 is 0 Å². The topological polar surface area (TPSA) is 66.7 Å². The Morgan fingerprint density at radius 3 is 2.62 bits per heavy atom. The normalized spacial score (nSPS) is 14.2. The molecular formula is C18H19N3O3. The summed E-state index contributed by atoms with van der Waals surface area (Å²) in [6.45, 7) is 6.20. The van der Waals surface area contributed by atoms with Gasteiger partial charge in [0.15, 0.2) is 0 Å². The third kappa shape index (κ3) is 2.71. The van der Waals surface area contributed by atoms with E-state index in [1.807, 2.05) is 30.3 Å². The van der Waals surface area contributed by atoms with Crippen LogP contribution in [0.3, 0.4) is 0 Å². The fourth-order valence-corrected chi connectivity index (χ4v) is 2.77. The number of aromatic nitrogens is 1. The first-order chi connectivity index (χ1) is 11.5. The molecule has 1 aliphatic heterocycles. The number of carbonyl (C=O) groups excluding carboxylic acids is 2. The largest absolute Gasteiger partial charge is 0.360 e. The van der Waals surface area contributed by atoms with Gasteiger partial charge in [-0.25, -0.2) is 0 Å². The molecule has 124 valence electrons. The van der Waals surface area contributed by atoms with E-state index in [2.05, 4.69) is 11.7 Å². The number of hydrogen-bond acceptors (Lipinski definition) is 4. The van der Waals surface area contributed by atoms with Gasteiger partial charge in [0.1, 0.15) is 17.0 Å². The van der Waals surface area contributed by atoms with Gasteiger partial charge in [-0.2, -0.15) is 0 Å². The van der Waals surface area contributed by atoms with Crippen molar-refractivity contribution in [2.75, 3.05) is 20.1 Å². The van der Waals surface area contributed by atoms with Crippen molar-refractivity contribution in [3.63, 3.8) is 0 Å². The van der Waals surface area contributed by atoms with Crippen molar-refractivity contribution < 1.29 is 14.1 Å². The minimum atomic E-state index is -0.141. The number of aryl methyl sites for hydroxylation is 1. The lowest BCUT2D eigenvalue weighted by atomic mass is 10.0. The number of rotatable bonds is 4. The first-order valence-corrected chi connectivity index (χ1v) is 7.73. The Kier molecular flexibility index (Phi) is 4.20. The highest BCUT2D eigenvalue weighted by molar-refractivity contribution is 6.01. The molecular weight excluding hydrogens is 306 g/mol. The molecule has 1 aromatic heterocycles. The monoisotopic (exact) mass is 325 g/mol. The summed E-state index contributed by atoms with van der Waals surface area (Å²) in [5.74, 6) is 0.236. The first kappa shape index (κ1) is 16.0. The van der Waals surface area contributed by atoms with Crippen molar-refractivity contribution in [3.05, 3.63) is 54.3 Å². The van der Waals surface area contributed by atoms with Crippen molar-refractivity contribution in [3.8, 4) is 11.3 Å². The fraction of sp³-hybridized carbons (Fsp3) is 0.278. The standard InChI is InChI=1S/C18H19N3O3/c1-4-15(22)20(3)14-10-21(11-14)18(23)16-12(2)24-19-17(16)13-8-6-5-7-9-13/h4-9,14H,1,10-11H2,2-3H3. The van der Waals surface area contributed by atoms with Crippen molar-refractivity contribution in [1.82, 2.24) is 15.0 Å². The van der Waals surface area contributed by atoms with E-state index in [-0.39, 0.29) is 17.9 Å². The quantitative estimate of drug-likeness (QED) is 0.808. The second kappa shape index (κ2) is 6.31. The van der Waals surface area contributed by atoms with Crippen LogP contribution in [-0.4, -0.2) is 52.9 Å². The summed E-state index contributed by atoms with van der Waals surface area (Å²) >= 11 is 0. The van der Waals surface area contributed by atoms with Crippen LogP contribution in [0.2, 0.25) is 0 Å².